The van der Waals surface area contributed by atoms with Gasteiger partial charge in [0.05, 0.1) is 33.5 Å². The Hall–Kier alpha value is -2.16. The Labute approximate surface area is 133 Å². The van der Waals surface area contributed by atoms with Crippen LogP contribution in [0.3, 0.4) is 0 Å². The number of carbonyl (C=O) groups excluding carboxylic acids is 2. The highest BCUT2D eigenvalue weighted by Crippen LogP contribution is 2.34. The van der Waals surface area contributed by atoms with Gasteiger partial charge in [0, 0.05) is 4.47 Å². The number of hydrogen-bond donors (Lipinski definition) is 0. The second-order valence-electron chi connectivity index (χ2n) is 4.41. The summed E-state index contributed by atoms with van der Waals surface area (Å²) in [6.07, 6.45) is 0. The number of halogens is 2. The van der Waals surface area contributed by atoms with Gasteiger partial charge in [0.15, 0.2) is 0 Å². The van der Waals surface area contributed by atoms with Gasteiger partial charge in [0.25, 0.3) is 11.8 Å². The molecule has 0 saturated heterocycles. The fourth-order valence-corrected chi connectivity index (χ4v) is 2.75. The molecule has 0 unspecified atom stereocenters. The second-order valence-corrected chi connectivity index (χ2v) is 5.74. The maximum absolute atomic E-state index is 12.5. The average molecular weight is 362 g/mol. The molecule has 102 valence electrons. The number of nitriles is 1. The summed E-state index contributed by atoms with van der Waals surface area (Å²) < 4.78 is 0.709. The zero-order valence-corrected chi connectivity index (χ0v) is 12.8. The molecule has 6 heteroatoms. The van der Waals surface area contributed by atoms with Gasteiger partial charge in [0.2, 0.25) is 0 Å². The van der Waals surface area contributed by atoms with E-state index in [9.17, 15) is 9.59 Å². The SMILES string of the molecule is N#Cc1ccc(Cl)c(N2C(=O)c3ccc(Br)cc3C2=O)c1. The molecule has 0 aromatic heterocycles. The molecule has 2 aromatic carbocycles. The lowest BCUT2D eigenvalue weighted by Gasteiger charge is -2.15. The van der Waals surface area contributed by atoms with E-state index in [2.05, 4.69) is 15.9 Å². The molecule has 0 spiro atoms. The van der Waals surface area contributed by atoms with E-state index in [1.165, 1.54) is 18.2 Å². The van der Waals surface area contributed by atoms with E-state index in [-0.39, 0.29) is 10.7 Å². The smallest absolute Gasteiger partial charge is 0.266 e. The highest BCUT2D eigenvalue weighted by atomic mass is 79.9. The first-order valence-corrected chi connectivity index (χ1v) is 7.08. The summed E-state index contributed by atoms with van der Waals surface area (Å²) in [5.41, 5.74) is 1.18. The number of hydrogen-bond acceptors (Lipinski definition) is 3. The van der Waals surface area contributed by atoms with Crippen LogP contribution in [0.15, 0.2) is 40.9 Å². The molecular formula is C15H6BrClN2O2. The van der Waals surface area contributed by atoms with E-state index in [1.807, 2.05) is 6.07 Å². The minimum Gasteiger partial charge on any atom is -0.268 e. The van der Waals surface area contributed by atoms with Crippen molar-refractivity contribution in [2.75, 3.05) is 4.90 Å². The van der Waals surface area contributed by atoms with Crippen LogP contribution >= 0.6 is 27.5 Å². The van der Waals surface area contributed by atoms with Crippen LogP contribution in [0.4, 0.5) is 5.69 Å². The maximum atomic E-state index is 12.5. The van der Waals surface area contributed by atoms with Crippen molar-refractivity contribution in [3.63, 3.8) is 0 Å². The summed E-state index contributed by atoms with van der Waals surface area (Å²) in [4.78, 5) is 25.9. The van der Waals surface area contributed by atoms with Crippen molar-refractivity contribution >= 4 is 45.0 Å². The summed E-state index contributed by atoms with van der Waals surface area (Å²) in [5, 5.41) is 9.19. The zero-order chi connectivity index (χ0) is 15.1. The normalized spacial score (nSPS) is 13.3. The van der Waals surface area contributed by atoms with Crippen molar-refractivity contribution in [1.29, 1.82) is 5.26 Å². The number of amides is 2. The first kappa shape index (κ1) is 13.8. The van der Waals surface area contributed by atoms with Gasteiger partial charge in [-0.15, -0.1) is 0 Å². The molecule has 0 atom stereocenters. The molecule has 0 radical (unpaired) electrons. The third-order valence-corrected chi connectivity index (χ3v) is 3.98. The number of anilines is 1. The van der Waals surface area contributed by atoms with Gasteiger partial charge in [-0.3, -0.25) is 9.59 Å². The van der Waals surface area contributed by atoms with Crippen molar-refractivity contribution in [2.24, 2.45) is 0 Å². The van der Waals surface area contributed by atoms with Crippen LogP contribution in [0.1, 0.15) is 26.3 Å². The third-order valence-electron chi connectivity index (χ3n) is 3.16. The minimum atomic E-state index is -0.451. The molecule has 0 fully saturated rings. The van der Waals surface area contributed by atoms with Crippen LogP contribution in [0, 0.1) is 11.3 Å². The van der Waals surface area contributed by atoms with Crippen molar-refractivity contribution in [3.8, 4) is 6.07 Å². The van der Waals surface area contributed by atoms with Crippen LogP contribution < -0.4 is 4.90 Å². The number of carbonyl (C=O) groups is 2. The molecule has 0 N–H and O–H groups in total. The monoisotopic (exact) mass is 360 g/mol. The predicted octanol–water partition coefficient (Wildman–Crippen LogP) is 3.77. The fourth-order valence-electron chi connectivity index (χ4n) is 2.19. The lowest BCUT2D eigenvalue weighted by Crippen LogP contribution is -2.29. The number of fused-ring (bicyclic) bond motifs is 1. The summed E-state index contributed by atoms with van der Waals surface area (Å²) in [7, 11) is 0. The van der Waals surface area contributed by atoms with Gasteiger partial charge in [0.1, 0.15) is 0 Å². The van der Waals surface area contributed by atoms with Gasteiger partial charge in [-0.25, -0.2) is 4.90 Å². The predicted molar refractivity (Wildman–Crippen MR) is 81.4 cm³/mol. The highest BCUT2D eigenvalue weighted by molar-refractivity contribution is 9.10. The molecule has 21 heavy (non-hydrogen) atoms. The van der Waals surface area contributed by atoms with Crippen molar-refractivity contribution in [3.05, 3.63) is 62.6 Å². The molecular weight excluding hydrogens is 356 g/mol. The molecule has 2 aromatic rings. The largest absolute Gasteiger partial charge is 0.268 e. The molecule has 4 nitrogen and oxygen atoms in total. The van der Waals surface area contributed by atoms with Gasteiger partial charge < -0.3 is 0 Å². The van der Waals surface area contributed by atoms with E-state index in [4.69, 9.17) is 16.9 Å². The Bertz CT molecular complexity index is 842. The quantitative estimate of drug-likeness (QED) is 0.726. The summed E-state index contributed by atoms with van der Waals surface area (Å²) >= 11 is 9.35. The van der Waals surface area contributed by atoms with E-state index >= 15 is 0 Å². The maximum Gasteiger partial charge on any atom is 0.266 e. The number of imide groups is 1. The lowest BCUT2D eigenvalue weighted by atomic mass is 10.1. The number of rotatable bonds is 1. The highest BCUT2D eigenvalue weighted by Gasteiger charge is 2.37. The lowest BCUT2D eigenvalue weighted by molar-refractivity contribution is 0.0926. The van der Waals surface area contributed by atoms with Crippen LogP contribution in [-0.4, -0.2) is 11.8 Å². The van der Waals surface area contributed by atoms with Crippen molar-refractivity contribution < 1.29 is 9.59 Å². The van der Waals surface area contributed by atoms with Crippen molar-refractivity contribution in [1.82, 2.24) is 0 Å². The average Bonchev–Trinajstić information content (AvgIpc) is 2.71. The van der Waals surface area contributed by atoms with Crippen LogP contribution in [0.25, 0.3) is 0 Å². The Morgan fingerprint density at radius 2 is 1.76 bits per heavy atom. The molecule has 3 rings (SSSR count). The fraction of sp³-hybridized carbons (Fsp3) is 0. The van der Waals surface area contributed by atoms with Gasteiger partial charge in [-0.2, -0.15) is 5.26 Å². The number of benzene rings is 2. The van der Waals surface area contributed by atoms with E-state index in [1.54, 1.807) is 18.2 Å². The molecule has 0 aliphatic carbocycles. The van der Waals surface area contributed by atoms with E-state index < -0.39 is 11.8 Å². The molecule has 1 aliphatic heterocycles. The molecule has 0 bridgehead atoms. The number of nitrogens with zero attached hydrogens (tertiary/aromatic N) is 2. The summed E-state index contributed by atoms with van der Waals surface area (Å²) in [6.45, 7) is 0. The first-order valence-electron chi connectivity index (χ1n) is 5.91. The Morgan fingerprint density at radius 1 is 1.05 bits per heavy atom. The van der Waals surface area contributed by atoms with Gasteiger partial charge >= 0.3 is 0 Å². The topological polar surface area (TPSA) is 61.2 Å². The Morgan fingerprint density at radius 3 is 2.48 bits per heavy atom. The molecule has 1 aliphatic rings. The van der Waals surface area contributed by atoms with Gasteiger partial charge in [-0.1, -0.05) is 27.5 Å². The summed E-state index contributed by atoms with van der Waals surface area (Å²) in [5.74, 6) is -0.896. The van der Waals surface area contributed by atoms with Crippen LogP contribution in [0.5, 0.6) is 0 Å². The third kappa shape index (κ3) is 2.13. The molecule has 1 heterocycles. The summed E-state index contributed by atoms with van der Waals surface area (Å²) in [6, 6.07) is 11.3. The van der Waals surface area contributed by atoms with Crippen molar-refractivity contribution in [2.45, 2.75) is 0 Å². The van der Waals surface area contributed by atoms with E-state index in [0.717, 1.165) is 4.90 Å². The Balaban J connectivity index is 2.17. The zero-order valence-electron chi connectivity index (χ0n) is 10.4. The first-order chi connectivity index (χ1) is 10.0. The van der Waals surface area contributed by atoms with Crippen LogP contribution in [-0.2, 0) is 0 Å². The van der Waals surface area contributed by atoms with E-state index in [0.29, 0.717) is 21.2 Å². The minimum absolute atomic E-state index is 0.220. The molecule has 2 amide bonds. The standard InChI is InChI=1S/C15H6BrClN2O2/c16-9-2-3-10-11(6-9)15(21)19(14(10)20)13-5-8(7-18)1-4-12(13)17/h1-6H. The molecule has 0 saturated carbocycles. The van der Waals surface area contributed by atoms with Crippen LogP contribution in [0.2, 0.25) is 5.02 Å². The van der Waals surface area contributed by atoms with Gasteiger partial charge in [-0.05, 0) is 36.4 Å². The Kier molecular flexibility index (Phi) is 3.28. The second kappa shape index (κ2) is 4.99.